The van der Waals surface area contributed by atoms with E-state index in [1.165, 1.54) is 0 Å². The van der Waals surface area contributed by atoms with Crippen LogP contribution in [0.3, 0.4) is 0 Å². The van der Waals surface area contributed by atoms with Crippen molar-refractivity contribution in [3.63, 3.8) is 0 Å². The fourth-order valence-corrected chi connectivity index (χ4v) is 2.85. The number of aliphatic hydroxyl groups excluding tert-OH is 2. The van der Waals surface area contributed by atoms with Crippen LogP contribution in [-0.4, -0.2) is 58.6 Å². The average molecular weight is 328 g/mol. The summed E-state index contributed by atoms with van der Waals surface area (Å²) in [6, 6.07) is 5.18. The van der Waals surface area contributed by atoms with Gasteiger partial charge in [-0.1, -0.05) is 0 Å². The van der Waals surface area contributed by atoms with Gasteiger partial charge in [0.1, 0.15) is 12.4 Å². The van der Waals surface area contributed by atoms with E-state index in [1.807, 2.05) is 0 Å². The largest absolute Gasteiger partial charge is 0.393 e. The minimum absolute atomic E-state index is 0.0859. The van der Waals surface area contributed by atoms with Crippen molar-refractivity contribution in [1.82, 2.24) is 29.3 Å². The lowest BCUT2D eigenvalue weighted by Crippen LogP contribution is -2.38. The van der Waals surface area contributed by atoms with E-state index >= 15 is 0 Å². The second-order valence-corrected chi connectivity index (χ2v) is 5.72. The zero-order valence-corrected chi connectivity index (χ0v) is 12.8. The molecule has 9 heteroatoms. The first-order chi connectivity index (χ1) is 11.7. The van der Waals surface area contributed by atoms with Gasteiger partial charge in [-0.3, -0.25) is 13.9 Å². The van der Waals surface area contributed by atoms with Gasteiger partial charge in [-0.05, 0) is 18.2 Å². The quantitative estimate of drug-likeness (QED) is 0.678. The number of hydrogen-bond acceptors (Lipinski definition) is 6. The Hall–Kier alpha value is -2.78. The zero-order valence-electron chi connectivity index (χ0n) is 12.8. The SMILES string of the molecule is O=C(c1ccn2cnnc2c1)N1CCn2nc([C@@H](O)CO)cc2C1. The number of pyridine rings is 1. The van der Waals surface area contributed by atoms with Crippen molar-refractivity contribution in [3.8, 4) is 0 Å². The van der Waals surface area contributed by atoms with Gasteiger partial charge < -0.3 is 15.1 Å². The average Bonchev–Trinajstić information content (AvgIpc) is 3.25. The summed E-state index contributed by atoms with van der Waals surface area (Å²) in [6.45, 7) is 1.10. The van der Waals surface area contributed by atoms with E-state index in [4.69, 9.17) is 5.11 Å². The van der Waals surface area contributed by atoms with Gasteiger partial charge in [-0.2, -0.15) is 5.10 Å². The number of carbonyl (C=O) groups excluding carboxylic acids is 1. The van der Waals surface area contributed by atoms with E-state index in [9.17, 15) is 9.90 Å². The lowest BCUT2D eigenvalue weighted by Gasteiger charge is -2.27. The predicted molar refractivity (Wildman–Crippen MR) is 82.0 cm³/mol. The number of carbonyl (C=O) groups is 1. The Balaban J connectivity index is 1.57. The molecule has 1 amide bonds. The zero-order chi connectivity index (χ0) is 16.7. The number of nitrogens with zero attached hydrogens (tertiary/aromatic N) is 6. The van der Waals surface area contributed by atoms with Gasteiger partial charge in [0.2, 0.25) is 0 Å². The topological polar surface area (TPSA) is 109 Å². The number of hydrogen-bond donors (Lipinski definition) is 2. The second kappa shape index (κ2) is 5.69. The number of fused-ring (bicyclic) bond motifs is 2. The molecule has 3 aromatic rings. The molecule has 2 N–H and O–H groups in total. The standard InChI is InChI=1S/C15H16N6O3/c22-8-13(23)12-6-11-7-19(3-4-21(11)18-12)15(24)10-1-2-20-9-16-17-14(20)5-10/h1-2,5-6,9,13,22-23H,3-4,7-8H2/t13-/m0/s1. The van der Waals surface area contributed by atoms with E-state index < -0.39 is 6.10 Å². The van der Waals surface area contributed by atoms with Crippen LogP contribution in [0.4, 0.5) is 0 Å². The highest BCUT2D eigenvalue weighted by atomic mass is 16.3. The Morgan fingerprint density at radius 1 is 1.33 bits per heavy atom. The van der Waals surface area contributed by atoms with Gasteiger partial charge in [0.15, 0.2) is 5.65 Å². The highest BCUT2D eigenvalue weighted by molar-refractivity contribution is 5.95. The molecule has 0 aliphatic carbocycles. The maximum atomic E-state index is 12.7. The van der Waals surface area contributed by atoms with Gasteiger partial charge in [-0.25, -0.2) is 0 Å². The van der Waals surface area contributed by atoms with Crippen LogP contribution in [0.15, 0.2) is 30.7 Å². The first kappa shape index (κ1) is 14.8. The van der Waals surface area contributed by atoms with Crippen LogP contribution in [0, 0.1) is 0 Å². The molecule has 1 aliphatic rings. The predicted octanol–water partition coefficient (Wildman–Crippen LogP) is -0.393. The first-order valence-electron chi connectivity index (χ1n) is 7.60. The Bertz CT molecular complexity index is 902. The lowest BCUT2D eigenvalue weighted by molar-refractivity contribution is 0.0704. The first-order valence-corrected chi connectivity index (χ1v) is 7.60. The van der Waals surface area contributed by atoms with Crippen molar-refractivity contribution >= 4 is 11.6 Å². The Kier molecular flexibility index (Phi) is 3.51. The molecular weight excluding hydrogens is 312 g/mol. The van der Waals surface area contributed by atoms with Gasteiger partial charge >= 0.3 is 0 Å². The van der Waals surface area contributed by atoms with Crippen LogP contribution < -0.4 is 0 Å². The van der Waals surface area contributed by atoms with Crippen LogP contribution in [-0.2, 0) is 13.1 Å². The molecule has 1 aliphatic heterocycles. The Morgan fingerprint density at radius 3 is 3.04 bits per heavy atom. The molecule has 0 bridgehead atoms. The normalized spacial score (nSPS) is 15.5. The van der Waals surface area contributed by atoms with Gasteiger partial charge in [-0.15, -0.1) is 10.2 Å². The third-order valence-corrected chi connectivity index (χ3v) is 4.17. The van der Waals surface area contributed by atoms with Crippen LogP contribution in [0.5, 0.6) is 0 Å². The van der Waals surface area contributed by atoms with Crippen LogP contribution in [0.1, 0.15) is 27.8 Å². The van der Waals surface area contributed by atoms with Crippen molar-refractivity contribution in [2.24, 2.45) is 0 Å². The summed E-state index contributed by atoms with van der Waals surface area (Å²) in [6.07, 6.45) is 2.34. The molecule has 0 fully saturated rings. The molecule has 0 saturated carbocycles. The summed E-state index contributed by atoms with van der Waals surface area (Å²) in [4.78, 5) is 14.5. The molecule has 9 nitrogen and oxygen atoms in total. The Labute approximate surface area is 136 Å². The number of aliphatic hydroxyl groups is 2. The van der Waals surface area contributed by atoms with Crippen LogP contribution in [0.2, 0.25) is 0 Å². The second-order valence-electron chi connectivity index (χ2n) is 5.72. The van der Waals surface area contributed by atoms with Crippen molar-refractivity contribution < 1.29 is 15.0 Å². The summed E-state index contributed by atoms with van der Waals surface area (Å²) in [5.74, 6) is -0.0859. The molecule has 1 atom stereocenters. The van der Waals surface area contributed by atoms with Crippen LogP contribution >= 0.6 is 0 Å². The number of rotatable bonds is 3. The van der Waals surface area contributed by atoms with E-state index in [2.05, 4.69) is 15.3 Å². The molecule has 0 aromatic carbocycles. The van der Waals surface area contributed by atoms with Crippen molar-refractivity contribution in [2.75, 3.05) is 13.2 Å². The molecule has 4 heterocycles. The summed E-state index contributed by atoms with van der Waals surface area (Å²) < 4.78 is 3.50. The minimum Gasteiger partial charge on any atom is -0.393 e. The third-order valence-electron chi connectivity index (χ3n) is 4.17. The van der Waals surface area contributed by atoms with Gasteiger partial charge in [0, 0.05) is 18.3 Å². The lowest BCUT2D eigenvalue weighted by atomic mass is 10.2. The molecule has 3 aromatic heterocycles. The van der Waals surface area contributed by atoms with E-state index in [0.717, 1.165) is 5.69 Å². The molecule has 0 spiro atoms. The summed E-state index contributed by atoms with van der Waals surface area (Å²) >= 11 is 0. The maximum absolute atomic E-state index is 12.7. The molecule has 4 rings (SSSR count). The highest BCUT2D eigenvalue weighted by Crippen LogP contribution is 2.19. The van der Waals surface area contributed by atoms with Gasteiger partial charge in [0.05, 0.1) is 31.1 Å². The van der Waals surface area contributed by atoms with E-state index in [0.29, 0.717) is 36.5 Å². The smallest absolute Gasteiger partial charge is 0.254 e. The third kappa shape index (κ3) is 2.43. The fourth-order valence-electron chi connectivity index (χ4n) is 2.85. The highest BCUT2D eigenvalue weighted by Gasteiger charge is 2.24. The molecule has 0 unspecified atom stereocenters. The van der Waals surface area contributed by atoms with Gasteiger partial charge in [0.25, 0.3) is 5.91 Å². The Morgan fingerprint density at radius 2 is 2.21 bits per heavy atom. The molecule has 24 heavy (non-hydrogen) atoms. The molecule has 124 valence electrons. The molecular formula is C15H16N6O3. The maximum Gasteiger partial charge on any atom is 0.254 e. The van der Waals surface area contributed by atoms with Crippen LogP contribution in [0.25, 0.3) is 5.65 Å². The summed E-state index contributed by atoms with van der Waals surface area (Å²) in [7, 11) is 0. The van der Waals surface area contributed by atoms with Crippen molar-refractivity contribution in [2.45, 2.75) is 19.2 Å². The van der Waals surface area contributed by atoms with Crippen molar-refractivity contribution in [1.29, 1.82) is 0 Å². The van der Waals surface area contributed by atoms with E-state index in [1.54, 1.807) is 44.7 Å². The number of amides is 1. The number of aromatic nitrogens is 5. The summed E-state index contributed by atoms with van der Waals surface area (Å²) in [5.41, 5.74) is 2.43. The fraction of sp³-hybridized carbons (Fsp3) is 0.333. The van der Waals surface area contributed by atoms with Crippen molar-refractivity contribution in [3.05, 3.63) is 47.7 Å². The monoisotopic (exact) mass is 328 g/mol. The molecule has 0 saturated heterocycles. The van der Waals surface area contributed by atoms with E-state index in [-0.39, 0.29) is 12.5 Å². The summed E-state index contributed by atoms with van der Waals surface area (Å²) in [5, 5.41) is 30.7. The molecule has 0 radical (unpaired) electrons. The minimum atomic E-state index is -0.998.